The number of carbonyl (C=O) groups excluding carboxylic acids is 1. The lowest BCUT2D eigenvalue weighted by molar-refractivity contribution is 0.0600. The average Bonchev–Trinajstić information content (AvgIpc) is 2.47. The summed E-state index contributed by atoms with van der Waals surface area (Å²) in [4.78, 5) is 11.6. The van der Waals surface area contributed by atoms with Crippen LogP contribution in [0.2, 0.25) is 0 Å². The van der Waals surface area contributed by atoms with E-state index in [4.69, 9.17) is 0 Å². The summed E-state index contributed by atoms with van der Waals surface area (Å²) in [6, 6.07) is 13.2. The Morgan fingerprint density at radius 3 is 2.33 bits per heavy atom. The first-order chi connectivity index (χ1) is 9.92. The fraction of sp³-hybridized carbons (Fsp3) is 0.188. The van der Waals surface area contributed by atoms with Gasteiger partial charge in [-0.15, -0.1) is 0 Å². The summed E-state index contributed by atoms with van der Waals surface area (Å²) in [6.07, 6.45) is 0. The van der Waals surface area contributed by atoms with Crippen LogP contribution in [0.15, 0.2) is 53.4 Å². The first-order valence-electron chi connectivity index (χ1n) is 6.39. The van der Waals surface area contributed by atoms with E-state index in [2.05, 4.69) is 4.74 Å². The molecule has 21 heavy (non-hydrogen) atoms. The number of ether oxygens (including phenoxy) is 1. The summed E-state index contributed by atoms with van der Waals surface area (Å²) in [6.45, 7) is 1.85. The third kappa shape index (κ3) is 3.70. The number of hydrogen-bond acceptors (Lipinski definition) is 4. The summed E-state index contributed by atoms with van der Waals surface area (Å²) in [5.41, 5.74) is 1.93. The van der Waals surface area contributed by atoms with Crippen LogP contribution in [0.4, 0.5) is 0 Å². The number of sulfone groups is 1. The number of methoxy groups -OCH3 is 1. The molecule has 0 aliphatic carbocycles. The van der Waals surface area contributed by atoms with Gasteiger partial charge in [0.2, 0.25) is 0 Å². The molecule has 0 spiro atoms. The van der Waals surface area contributed by atoms with E-state index in [1.807, 2.05) is 13.0 Å². The molecule has 0 saturated heterocycles. The van der Waals surface area contributed by atoms with Crippen molar-refractivity contribution in [2.24, 2.45) is 0 Å². The minimum absolute atomic E-state index is 0.0993. The molecule has 0 aliphatic heterocycles. The van der Waals surface area contributed by atoms with Crippen molar-refractivity contribution in [1.82, 2.24) is 0 Å². The van der Waals surface area contributed by atoms with Crippen molar-refractivity contribution in [3.05, 3.63) is 65.2 Å². The van der Waals surface area contributed by atoms with E-state index in [0.717, 1.165) is 5.56 Å². The molecular weight excluding hydrogens is 288 g/mol. The van der Waals surface area contributed by atoms with E-state index >= 15 is 0 Å². The molecule has 0 aliphatic rings. The van der Waals surface area contributed by atoms with E-state index in [9.17, 15) is 13.2 Å². The van der Waals surface area contributed by atoms with Gasteiger partial charge in [-0.1, -0.05) is 24.3 Å². The average molecular weight is 304 g/mol. The van der Waals surface area contributed by atoms with E-state index in [1.54, 1.807) is 42.5 Å². The van der Waals surface area contributed by atoms with Crippen molar-refractivity contribution in [1.29, 1.82) is 0 Å². The van der Waals surface area contributed by atoms with Gasteiger partial charge in [0.05, 0.1) is 23.3 Å². The fourth-order valence-corrected chi connectivity index (χ4v) is 3.42. The Kier molecular flexibility index (Phi) is 4.43. The maximum Gasteiger partial charge on any atom is 0.337 e. The number of hydrogen-bond donors (Lipinski definition) is 0. The second kappa shape index (κ2) is 6.10. The van der Waals surface area contributed by atoms with Crippen molar-refractivity contribution in [2.45, 2.75) is 17.6 Å². The zero-order valence-electron chi connectivity index (χ0n) is 11.9. The van der Waals surface area contributed by atoms with Crippen LogP contribution in [-0.2, 0) is 20.3 Å². The van der Waals surface area contributed by atoms with Crippen LogP contribution >= 0.6 is 0 Å². The Hall–Kier alpha value is -2.14. The summed E-state index contributed by atoms with van der Waals surface area (Å²) >= 11 is 0. The zero-order valence-corrected chi connectivity index (χ0v) is 12.7. The molecule has 0 heterocycles. The van der Waals surface area contributed by atoms with E-state index in [0.29, 0.717) is 16.0 Å². The van der Waals surface area contributed by atoms with Gasteiger partial charge in [-0.2, -0.15) is 0 Å². The Bertz CT molecular complexity index is 746. The molecule has 0 N–H and O–H groups in total. The lowest BCUT2D eigenvalue weighted by atomic mass is 10.1. The molecule has 0 amide bonds. The van der Waals surface area contributed by atoms with Gasteiger partial charge >= 0.3 is 5.97 Å². The number of esters is 1. The van der Waals surface area contributed by atoms with Gasteiger partial charge in [0.15, 0.2) is 9.84 Å². The molecule has 110 valence electrons. The SMILES string of the molecule is COC(=O)c1ccc(CS(=O)(=O)c2cccc(C)c2)cc1. The molecule has 5 heteroatoms. The third-order valence-electron chi connectivity index (χ3n) is 3.08. The van der Waals surface area contributed by atoms with Gasteiger partial charge in [-0.05, 0) is 42.3 Å². The van der Waals surface area contributed by atoms with Gasteiger partial charge in [0.1, 0.15) is 0 Å². The second-order valence-electron chi connectivity index (χ2n) is 4.76. The maximum atomic E-state index is 12.3. The number of rotatable bonds is 4. The molecule has 0 radical (unpaired) electrons. The van der Waals surface area contributed by atoms with Gasteiger partial charge < -0.3 is 4.74 Å². The van der Waals surface area contributed by atoms with Crippen LogP contribution in [0.25, 0.3) is 0 Å². The van der Waals surface area contributed by atoms with Crippen LogP contribution in [0.3, 0.4) is 0 Å². The predicted octanol–water partition coefficient (Wildman–Crippen LogP) is 2.76. The van der Waals surface area contributed by atoms with Crippen molar-refractivity contribution in [2.75, 3.05) is 7.11 Å². The quantitative estimate of drug-likeness (QED) is 0.815. The maximum absolute atomic E-state index is 12.3. The second-order valence-corrected chi connectivity index (χ2v) is 6.75. The van der Waals surface area contributed by atoms with E-state index < -0.39 is 15.8 Å². The van der Waals surface area contributed by atoms with Crippen LogP contribution < -0.4 is 0 Å². The zero-order chi connectivity index (χ0) is 15.5. The summed E-state index contributed by atoms with van der Waals surface area (Å²) < 4.78 is 29.3. The van der Waals surface area contributed by atoms with Crippen molar-refractivity contribution >= 4 is 15.8 Å². The van der Waals surface area contributed by atoms with Gasteiger partial charge in [0.25, 0.3) is 0 Å². The minimum Gasteiger partial charge on any atom is -0.465 e. The highest BCUT2D eigenvalue weighted by Gasteiger charge is 2.15. The predicted molar refractivity (Wildman–Crippen MR) is 79.9 cm³/mol. The minimum atomic E-state index is -3.39. The highest BCUT2D eigenvalue weighted by molar-refractivity contribution is 7.90. The fourth-order valence-electron chi connectivity index (χ4n) is 1.97. The number of carbonyl (C=O) groups is 1. The Morgan fingerprint density at radius 1 is 1.10 bits per heavy atom. The van der Waals surface area contributed by atoms with Gasteiger partial charge in [-0.3, -0.25) is 0 Å². The highest BCUT2D eigenvalue weighted by Crippen LogP contribution is 2.18. The largest absolute Gasteiger partial charge is 0.465 e. The molecule has 0 fully saturated rings. The molecule has 2 aromatic rings. The lowest BCUT2D eigenvalue weighted by Crippen LogP contribution is -2.06. The Morgan fingerprint density at radius 2 is 1.76 bits per heavy atom. The molecule has 2 rings (SSSR count). The number of benzene rings is 2. The first kappa shape index (κ1) is 15.3. The molecule has 0 unspecified atom stereocenters. The molecule has 0 aromatic heterocycles. The van der Waals surface area contributed by atoms with Crippen molar-refractivity contribution in [3.63, 3.8) is 0 Å². The van der Waals surface area contributed by atoms with Crippen LogP contribution in [0, 0.1) is 6.92 Å². The number of aryl methyl sites for hydroxylation is 1. The molecular formula is C16H16O4S. The topological polar surface area (TPSA) is 60.4 Å². The van der Waals surface area contributed by atoms with Gasteiger partial charge in [-0.25, -0.2) is 13.2 Å². The van der Waals surface area contributed by atoms with E-state index in [-0.39, 0.29) is 5.75 Å². The Balaban J connectivity index is 2.23. The van der Waals surface area contributed by atoms with Crippen LogP contribution in [0.1, 0.15) is 21.5 Å². The first-order valence-corrected chi connectivity index (χ1v) is 8.04. The standard InChI is InChI=1S/C16H16O4S/c1-12-4-3-5-15(10-12)21(18,19)11-13-6-8-14(9-7-13)16(17)20-2/h3-10H,11H2,1-2H3. The molecule has 0 saturated carbocycles. The lowest BCUT2D eigenvalue weighted by Gasteiger charge is -2.06. The van der Waals surface area contributed by atoms with Crippen LogP contribution in [0.5, 0.6) is 0 Å². The molecule has 0 atom stereocenters. The van der Waals surface area contributed by atoms with Crippen molar-refractivity contribution in [3.8, 4) is 0 Å². The van der Waals surface area contributed by atoms with Gasteiger partial charge in [0, 0.05) is 0 Å². The summed E-state index contributed by atoms with van der Waals surface area (Å²) in [7, 11) is -2.09. The monoisotopic (exact) mass is 304 g/mol. The Labute approximate surface area is 124 Å². The van der Waals surface area contributed by atoms with E-state index in [1.165, 1.54) is 7.11 Å². The van der Waals surface area contributed by atoms with Crippen molar-refractivity contribution < 1.29 is 17.9 Å². The highest BCUT2D eigenvalue weighted by atomic mass is 32.2. The third-order valence-corrected chi connectivity index (χ3v) is 4.77. The molecule has 4 nitrogen and oxygen atoms in total. The normalized spacial score (nSPS) is 11.1. The molecule has 0 bridgehead atoms. The summed E-state index contributed by atoms with van der Waals surface area (Å²) in [5.74, 6) is -0.541. The smallest absolute Gasteiger partial charge is 0.337 e. The molecule has 2 aromatic carbocycles. The summed E-state index contributed by atoms with van der Waals surface area (Å²) in [5, 5.41) is 0. The van der Waals surface area contributed by atoms with Crippen LogP contribution in [-0.4, -0.2) is 21.5 Å².